The first-order valence-electron chi connectivity index (χ1n) is 5.63. The molecule has 106 valence electrons. The highest BCUT2D eigenvalue weighted by Gasteiger charge is 2.17. The van der Waals surface area contributed by atoms with E-state index in [0.29, 0.717) is 25.7 Å². The molecule has 0 aliphatic carbocycles. The van der Waals surface area contributed by atoms with Gasteiger partial charge in [-0.2, -0.15) is 0 Å². The predicted molar refractivity (Wildman–Crippen MR) is 85.2 cm³/mol. The molecule has 0 saturated carbocycles. The summed E-state index contributed by atoms with van der Waals surface area (Å²) in [5, 5.41) is 7.03. The van der Waals surface area contributed by atoms with Crippen molar-refractivity contribution in [2.45, 2.75) is 6.92 Å². The fourth-order valence-corrected chi connectivity index (χ4v) is 2.69. The van der Waals surface area contributed by atoms with E-state index >= 15 is 0 Å². The number of nitrogen functional groups attached to an aromatic ring is 1. The van der Waals surface area contributed by atoms with E-state index in [4.69, 9.17) is 28.9 Å². The smallest absolute Gasteiger partial charge is 0.269 e. The van der Waals surface area contributed by atoms with Crippen LogP contribution in [-0.2, 0) is 0 Å². The molecule has 0 unspecified atom stereocenters. The molecular formula is C12H12Cl2N4OS. The van der Waals surface area contributed by atoms with Crippen LogP contribution in [0.25, 0.3) is 0 Å². The van der Waals surface area contributed by atoms with Gasteiger partial charge in [-0.25, -0.2) is 4.98 Å². The van der Waals surface area contributed by atoms with Gasteiger partial charge in [-0.05, 0) is 24.6 Å². The molecule has 1 heterocycles. The van der Waals surface area contributed by atoms with Crippen molar-refractivity contribution in [2.24, 2.45) is 0 Å². The molecule has 0 spiro atoms. The third-order valence-corrected chi connectivity index (χ3v) is 4.38. The lowest BCUT2D eigenvalue weighted by Gasteiger charge is -2.08. The van der Waals surface area contributed by atoms with Crippen LogP contribution in [0.5, 0.6) is 0 Å². The van der Waals surface area contributed by atoms with E-state index in [-0.39, 0.29) is 11.7 Å². The van der Waals surface area contributed by atoms with Crippen LogP contribution in [0.2, 0.25) is 10.0 Å². The monoisotopic (exact) mass is 330 g/mol. The second-order valence-electron chi connectivity index (χ2n) is 4.02. The standard InChI is InChI=1S/C12H12Cl2N4OS/c1-5-3-7(14)8(4-6(5)13)17-11(19)9-10(15)18-12(16-2)20-9/h3-4H,15H2,1-2H3,(H,16,18)(H,17,19). The topological polar surface area (TPSA) is 80.0 Å². The molecule has 0 atom stereocenters. The molecule has 1 aromatic heterocycles. The summed E-state index contributed by atoms with van der Waals surface area (Å²) < 4.78 is 0. The van der Waals surface area contributed by atoms with E-state index in [1.54, 1.807) is 19.2 Å². The molecule has 0 aliphatic rings. The lowest BCUT2D eigenvalue weighted by Crippen LogP contribution is -2.12. The van der Waals surface area contributed by atoms with Gasteiger partial charge in [-0.1, -0.05) is 34.5 Å². The summed E-state index contributed by atoms with van der Waals surface area (Å²) >= 11 is 13.3. The summed E-state index contributed by atoms with van der Waals surface area (Å²) in [6, 6.07) is 3.29. The number of hydrogen-bond acceptors (Lipinski definition) is 5. The molecule has 0 bridgehead atoms. The van der Waals surface area contributed by atoms with Crippen molar-refractivity contribution in [1.82, 2.24) is 4.98 Å². The molecule has 1 amide bonds. The molecule has 2 aromatic rings. The molecule has 8 heteroatoms. The summed E-state index contributed by atoms with van der Waals surface area (Å²) in [5.74, 6) is -0.200. The molecule has 0 aliphatic heterocycles. The second-order valence-corrected chi connectivity index (χ2v) is 5.83. The van der Waals surface area contributed by atoms with Crippen LogP contribution in [0, 0.1) is 6.92 Å². The fraction of sp³-hybridized carbons (Fsp3) is 0.167. The van der Waals surface area contributed by atoms with Gasteiger partial charge in [0.2, 0.25) is 0 Å². The van der Waals surface area contributed by atoms with E-state index in [1.165, 1.54) is 0 Å². The number of nitrogens with two attached hydrogens (primary N) is 1. The van der Waals surface area contributed by atoms with Crippen molar-refractivity contribution >= 4 is 57.1 Å². The number of aryl methyl sites for hydroxylation is 1. The van der Waals surface area contributed by atoms with Crippen molar-refractivity contribution in [3.63, 3.8) is 0 Å². The summed E-state index contributed by atoms with van der Waals surface area (Å²) in [5.41, 5.74) is 6.98. The number of thiazole rings is 1. The van der Waals surface area contributed by atoms with Crippen molar-refractivity contribution in [1.29, 1.82) is 0 Å². The summed E-state index contributed by atoms with van der Waals surface area (Å²) in [6.07, 6.45) is 0. The average molecular weight is 331 g/mol. The maximum absolute atomic E-state index is 12.2. The molecule has 0 saturated heterocycles. The van der Waals surface area contributed by atoms with Crippen LogP contribution < -0.4 is 16.4 Å². The largest absolute Gasteiger partial charge is 0.382 e. The van der Waals surface area contributed by atoms with Crippen molar-refractivity contribution in [3.8, 4) is 0 Å². The molecule has 2 rings (SSSR count). The zero-order chi connectivity index (χ0) is 14.9. The summed E-state index contributed by atoms with van der Waals surface area (Å²) in [4.78, 5) is 16.5. The Hall–Kier alpha value is -1.50. The van der Waals surface area contributed by atoms with Gasteiger partial charge in [-0.15, -0.1) is 0 Å². The zero-order valence-electron chi connectivity index (χ0n) is 10.8. The molecule has 5 nitrogen and oxygen atoms in total. The van der Waals surface area contributed by atoms with Gasteiger partial charge in [0.25, 0.3) is 5.91 Å². The number of aromatic nitrogens is 1. The maximum Gasteiger partial charge on any atom is 0.269 e. The minimum Gasteiger partial charge on any atom is -0.382 e. The number of carbonyl (C=O) groups excluding carboxylic acids is 1. The number of rotatable bonds is 3. The number of halogens is 2. The maximum atomic E-state index is 12.2. The highest BCUT2D eigenvalue weighted by atomic mass is 35.5. The first kappa shape index (κ1) is 14.9. The molecule has 20 heavy (non-hydrogen) atoms. The van der Waals surface area contributed by atoms with E-state index in [2.05, 4.69) is 15.6 Å². The van der Waals surface area contributed by atoms with Gasteiger partial charge in [0, 0.05) is 12.1 Å². The lowest BCUT2D eigenvalue weighted by molar-refractivity contribution is 0.103. The number of benzene rings is 1. The second kappa shape index (κ2) is 5.87. The molecule has 1 aromatic carbocycles. The van der Waals surface area contributed by atoms with E-state index in [1.807, 2.05) is 6.92 Å². The van der Waals surface area contributed by atoms with Gasteiger partial charge in [-0.3, -0.25) is 4.79 Å². The number of nitrogens with zero attached hydrogens (tertiary/aromatic N) is 1. The quantitative estimate of drug-likeness (QED) is 0.802. The first-order chi connectivity index (χ1) is 9.42. The zero-order valence-corrected chi connectivity index (χ0v) is 13.1. The van der Waals surface area contributed by atoms with Gasteiger partial charge in [0.1, 0.15) is 10.7 Å². The van der Waals surface area contributed by atoms with Crippen molar-refractivity contribution < 1.29 is 4.79 Å². The van der Waals surface area contributed by atoms with Crippen molar-refractivity contribution in [3.05, 3.63) is 32.6 Å². The Morgan fingerprint density at radius 2 is 2.05 bits per heavy atom. The highest BCUT2D eigenvalue weighted by molar-refractivity contribution is 7.18. The number of anilines is 3. The van der Waals surface area contributed by atoms with Crippen LogP contribution in [0.1, 0.15) is 15.2 Å². The van der Waals surface area contributed by atoms with Gasteiger partial charge >= 0.3 is 0 Å². The number of nitrogens with one attached hydrogen (secondary N) is 2. The molecule has 0 fully saturated rings. The summed E-state index contributed by atoms with van der Waals surface area (Å²) in [6.45, 7) is 1.83. The van der Waals surface area contributed by atoms with Crippen LogP contribution in [0.4, 0.5) is 16.6 Å². The third-order valence-electron chi connectivity index (χ3n) is 2.57. The third kappa shape index (κ3) is 2.98. The Kier molecular flexibility index (Phi) is 4.37. The normalized spacial score (nSPS) is 10.4. The van der Waals surface area contributed by atoms with Crippen LogP contribution in [-0.4, -0.2) is 17.9 Å². The van der Waals surface area contributed by atoms with Crippen molar-refractivity contribution in [2.75, 3.05) is 23.4 Å². The molecule has 4 N–H and O–H groups in total. The summed E-state index contributed by atoms with van der Waals surface area (Å²) in [7, 11) is 1.70. The Morgan fingerprint density at radius 1 is 1.35 bits per heavy atom. The van der Waals surface area contributed by atoms with Crippen LogP contribution in [0.3, 0.4) is 0 Å². The highest BCUT2D eigenvalue weighted by Crippen LogP contribution is 2.31. The SMILES string of the molecule is CNc1nc(N)c(C(=O)Nc2cc(Cl)c(C)cc2Cl)s1. The first-order valence-corrected chi connectivity index (χ1v) is 7.20. The van der Waals surface area contributed by atoms with E-state index < -0.39 is 0 Å². The fourth-order valence-electron chi connectivity index (χ4n) is 1.52. The van der Waals surface area contributed by atoms with Crippen LogP contribution >= 0.6 is 34.5 Å². The van der Waals surface area contributed by atoms with Gasteiger partial charge in [0.05, 0.1) is 10.7 Å². The molecule has 0 radical (unpaired) electrons. The average Bonchev–Trinajstić information content (AvgIpc) is 2.77. The Balaban J connectivity index is 2.27. The number of amides is 1. The Morgan fingerprint density at radius 3 is 2.65 bits per heavy atom. The van der Waals surface area contributed by atoms with Crippen LogP contribution in [0.15, 0.2) is 12.1 Å². The minimum atomic E-state index is -0.372. The number of carbonyl (C=O) groups is 1. The van der Waals surface area contributed by atoms with E-state index in [9.17, 15) is 4.79 Å². The van der Waals surface area contributed by atoms with Gasteiger partial charge < -0.3 is 16.4 Å². The predicted octanol–water partition coefficient (Wildman–Crippen LogP) is 3.63. The van der Waals surface area contributed by atoms with Gasteiger partial charge in [0.15, 0.2) is 5.13 Å². The van der Waals surface area contributed by atoms with E-state index in [0.717, 1.165) is 16.9 Å². The minimum absolute atomic E-state index is 0.172. The number of hydrogen-bond donors (Lipinski definition) is 3. The molecular weight excluding hydrogens is 319 g/mol. The Bertz CT molecular complexity index is 672. The lowest BCUT2D eigenvalue weighted by atomic mass is 10.2. The Labute approximate surface area is 130 Å².